The summed E-state index contributed by atoms with van der Waals surface area (Å²) in [5.74, 6) is 1.44. The van der Waals surface area contributed by atoms with E-state index in [1.165, 1.54) is 12.8 Å². The van der Waals surface area contributed by atoms with E-state index in [9.17, 15) is 0 Å². The van der Waals surface area contributed by atoms with E-state index in [2.05, 4.69) is 5.32 Å². The van der Waals surface area contributed by atoms with E-state index in [1.54, 1.807) is 7.11 Å². The zero-order valence-electron chi connectivity index (χ0n) is 10.8. The standard InChI is InChI=1S/C14H21ClN2O/c1-18-14-7-6-12(8-13(14)15)17-9-10-2-4-11(16)5-3-10/h6-8,10-11,17H,2-5,9,16H2,1H3. The average molecular weight is 269 g/mol. The third-order valence-electron chi connectivity index (χ3n) is 3.64. The highest BCUT2D eigenvalue weighted by molar-refractivity contribution is 6.32. The first-order valence-corrected chi connectivity index (χ1v) is 6.90. The largest absolute Gasteiger partial charge is 0.495 e. The first kappa shape index (κ1) is 13.5. The lowest BCUT2D eigenvalue weighted by atomic mass is 9.86. The van der Waals surface area contributed by atoms with Gasteiger partial charge in [-0.1, -0.05) is 11.6 Å². The molecule has 1 aromatic rings. The number of methoxy groups -OCH3 is 1. The van der Waals surface area contributed by atoms with Crippen LogP contribution >= 0.6 is 11.6 Å². The molecule has 1 saturated carbocycles. The minimum Gasteiger partial charge on any atom is -0.495 e. The van der Waals surface area contributed by atoms with Gasteiger partial charge in [0.15, 0.2) is 0 Å². The zero-order chi connectivity index (χ0) is 13.0. The average Bonchev–Trinajstić information content (AvgIpc) is 2.38. The normalized spacial score (nSPS) is 23.7. The molecular weight excluding hydrogens is 248 g/mol. The first-order valence-electron chi connectivity index (χ1n) is 6.52. The van der Waals surface area contributed by atoms with Gasteiger partial charge in [0.25, 0.3) is 0 Å². The Morgan fingerprint density at radius 1 is 1.33 bits per heavy atom. The van der Waals surface area contributed by atoms with Crippen molar-refractivity contribution in [3.8, 4) is 5.75 Å². The molecule has 4 heteroatoms. The molecule has 0 amide bonds. The number of nitrogens with two attached hydrogens (primary N) is 1. The van der Waals surface area contributed by atoms with Crippen LogP contribution in [0.1, 0.15) is 25.7 Å². The summed E-state index contributed by atoms with van der Waals surface area (Å²) in [6, 6.07) is 6.21. The summed E-state index contributed by atoms with van der Waals surface area (Å²) in [6.45, 7) is 0.995. The van der Waals surface area contributed by atoms with Crippen molar-refractivity contribution in [3.05, 3.63) is 23.2 Å². The molecule has 3 N–H and O–H groups in total. The second-order valence-corrected chi connectivity index (χ2v) is 5.42. The van der Waals surface area contributed by atoms with Gasteiger partial charge in [-0.2, -0.15) is 0 Å². The Balaban J connectivity index is 1.84. The third-order valence-corrected chi connectivity index (χ3v) is 3.93. The highest BCUT2D eigenvalue weighted by atomic mass is 35.5. The molecule has 0 atom stereocenters. The van der Waals surface area contributed by atoms with E-state index in [0.717, 1.165) is 31.0 Å². The van der Waals surface area contributed by atoms with Crippen molar-refractivity contribution in [2.45, 2.75) is 31.7 Å². The number of hydrogen-bond donors (Lipinski definition) is 2. The van der Waals surface area contributed by atoms with Crippen LogP contribution < -0.4 is 15.8 Å². The lowest BCUT2D eigenvalue weighted by molar-refractivity contribution is 0.339. The van der Waals surface area contributed by atoms with Crippen molar-refractivity contribution in [1.29, 1.82) is 0 Å². The maximum atomic E-state index is 6.09. The van der Waals surface area contributed by atoms with Gasteiger partial charge in [-0.3, -0.25) is 0 Å². The Bertz CT molecular complexity index is 389. The number of anilines is 1. The first-order chi connectivity index (χ1) is 8.69. The molecule has 2 rings (SSSR count). The smallest absolute Gasteiger partial charge is 0.137 e. The molecule has 0 aromatic heterocycles. The molecule has 1 aliphatic rings. The Labute approximate surface area is 114 Å². The summed E-state index contributed by atoms with van der Waals surface area (Å²) in [5, 5.41) is 4.09. The lowest BCUT2D eigenvalue weighted by Crippen LogP contribution is -2.29. The molecule has 0 spiro atoms. The van der Waals surface area contributed by atoms with Gasteiger partial charge in [-0.05, 0) is 49.8 Å². The van der Waals surface area contributed by atoms with E-state index >= 15 is 0 Å². The Morgan fingerprint density at radius 3 is 2.67 bits per heavy atom. The Hall–Kier alpha value is -0.930. The summed E-state index contributed by atoms with van der Waals surface area (Å²) < 4.78 is 5.13. The van der Waals surface area contributed by atoms with Crippen molar-refractivity contribution in [1.82, 2.24) is 0 Å². The van der Waals surface area contributed by atoms with Crippen LogP contribution in [-0.4, -0.2) is 19.7 Å². The second-order valence-electron chi connectivity index (χ2n) is 5.01. The predicted octanol–water partition coefficient (Wildman–Crippen LogP) is 3.28. The van der Waals surface area contributed by atoms with Crippen molar-refractivity contribution in [3.63, 3.8) is 0 Å². The number of rotatable bonds is 4. The number of hydrogen-bond acceptors (Lipinski definition) is 3. The minimum atomic E-state index is 0.414. The molecule has 0 radical (unpaired) electrons. The van der Waals surface area contributed by atoms with E-state index < -0.39 is 0 Å². The van der Waals surface area contributed by atoms with Crippen molar-refractivity contribution < 1.29 is 4.74 Å². The van der Waals surface area contributed by atoms with Crippen LogP contribution in [0.3, 0.4) is 0 Å². The van der Waals surface area contributed by atoms with Gasteiger partial charge in [0.1, 0.15) is 5.75 Å². The van der Waals surface area contributed by atoms with E-state index in [0.29, 0.717) is 16.8 Å². The van der Waals surface area contributed by atoms with Crippen molar-refractivity contribution >= 4 is 17.3 Å². The summed E-state index contributed by atoms with van der Waals surface area (Å²) >= 11 is 6.09. The molecule has 1 aromatic carbocycles. The van der Waals surface area contributed by atoms with Crippen molar-refractivity contribution in [2.75, 3.05) is 19.0 Å². The van der Waals surface area contributed by atoms with E-state index in [1.807, 2.05) is 18.2 Å². The molecule has 100 valence electrons. The SMILES string of the molecule is COc1ccc(NCC2CCC(N)CC2)cc1Cl. The van der Waals surface area contributed by atoms with Crippen molar-refractivity contribution in [2.24, 2.45) is 11.7 Å². The summed E-state index contributed by atoms with van der Waals surface area (Å²) in [4.78, 5) is 0. The van der Waals surface area contributed by atoms with Crippen LogP contribution in [0.5, 0.6) is 5.75 Å². The van der Waals surface area contributed by atoms with Crippen LogP contribution in [0.25, 0.3) is 0 Å². The Morgan fingerprint density at radius 2 is 2.06 bits per heavy atom. The zero-order valence-corrected chi connectivity index (χ0v) is 11.5. The molecule has 3 nitrogen and oxygen atoms in total. The van der Waals surface area contributed by atoms with Gasteiger partial charge >= 0.3 is 0 Å². The molecule has 0 heterocycles. The lowest BCUT2D eigenvalue weighted by Gasteiger charge is -2.26. The van der Waals surface area contributed by atoms with Crippen LogP contribution in [0, 0.1) is 5.92 Å². The highest BCUT2D eigenvalue weighted by Crippen LogP contribution is 2.28. The fourth-order valence-electron chi connectivity index (χ4n) is 2.43. The minimum absolute atomic E-state index is 0.414. The molecule has 0 aliphatic heterocycles. The number of nitrogens with one attached hydrogen (secondary N) is 1. The monoisotopic (exact) mass is 268 g/mol. The number of benzene rings is 1. The maximum absolute atomic E-state index is 6.09. The fraction of sp³-hybridized carbons (Fsp3) is 0.571. The molecule has 1 aliphatic carbocycles. The molecule has 1 fully saturated rings. The second kappa shape index (κ2) is 6.30. The third kappa shape index (κ3) is 3.53. The topological polar surface area (TPSA) is 47.3 Å². The quantitative estimate of drug-likeness (QED) is 0.881. The van der Waals surface area contributed by atoms with Crippen LogP contribution in [-0.2, 0) is 0 Å². The number of ether oxygens (including phenoxy) is 1. The molecule has 0 saturated heterocycles. The van der Waals surface area contributed by atoms with Gasteiger partial charge in [-0.25, -0.2) is 0 Å². The molecule has 0 bridgehead atoms. The van der Waals surface area contributed by atoms with Gasteiger partial charge in [0, 0.05) is 18.3 Å². The van der Waals surface area contributed by atoms with Gasteiger partial charge in [0.2, 0.25) is 0 Å². The predicted molar refractivity (Wildman–Crippen MR) is 76.4 cm³/mol. The van der Waals surface area contributed by atoms with Gasteiger partial charge in [-0.15, -0.1) is 0 Å². The van der Waals surface area contributed by atoms with Crippen LogP contribution in [0.4, 0.5) is 5.69 Å². The summed E-state index contributed by atoms with van der Waals surface area (Å²) in [7, 11) is 1.62. The number of halogens is 1. The molecule has 0 unspecified atom stereocenters. The van der Waals surface area contributed by atoms with Crippen LogP contribution in [0.15, 0.2) is 18.2 Å². The summed E-state index contributed by atoms with van der Waals surface area (Å²) in [6.07, 6.45) is 4.74. The fourth-order valence-corrected chi connectivity index (χ4v) is 2.69. The maximum Gasteiger partial charge on any atom is 0.137 e. The van der Waals surface area contributed by atoms with Crippen LogP contribution in [0.2, 0.25) is 5.02 Å². The molecule has 18 heavy (non-hydrogen) atoms. The molecular formula is C14H21ClN2O. The van der Waals surface area contributed by atoms with Gasteiger partial charge < -0.3 is 15.8 Å². The Kier molecular flexibility index (Phi) is 4.72. The van der Waals surface area contributed by atoms with Gasteiger partial charge in [0.05, 0.1) is 12.1 Å². The van der Waals surface area contributed by atoms with E-state index in [-0.39, 0.29) is 0 Å². The highest BCUT2D eigenvalue weighted by Gasteiger charge is 2.18. The summed E-state index contributed by atoms with van der Waals surface area (Å²) in [5.41, 5.74) is 6.96. The van der Waals surface area contributed by atoms with E-state index in [4.69, 9.17) is 22.1 Å².